The van der Waals surface area contributed by atoms with Crippen molar-refractivity contribution in [3.8, 4) is 11.5 Å². The van der Waals surface area contributed by atoms with Gasteiger partial charge < -0.3 is 20.1 Å². The summed E-state index contributed by atoms with van der Waals surface area (Å²) >= 11 is 0. The Bertz CT molecular complexity index is 704. The Balaban J connectivity index is 0.00000225. The molecule has 2 N–H and O–H groups in total. The Morgan fingerprint density at radius 2 is 1.80 bits per heavy atom. The van der Waals surface area contributed by atoms with Gasteiger partial charge in [-0.2, -0.15) is 0 Å². The van der Waals surface area contributed by atoms with Gasteiger partial charge in [0.1, 0.15) is 11.5 Å². The average molecular weight is 363 g/mol. The van der Waals surface area contributed by atoms with Gasteiger partial charge in [0.15, 0.2) is 0 Å². The molecule has 6 heteroatoms. The van der Waals surface area contributed by atoms with E-state index in [1.54, 1.807) is 7.11 Å². The second-order valence-electron chi connectivity index (χ2n) is 5.76. The second kappa shape index (κ2) is 9.30. The summed E-state index contributed by atoms with van der Waals surface area (Å²) in [6.45, 7) is 2.75. The summed E-state index contributed by atoms with van der Waals surface area (Å²) in [5.74, 6) is 1.50. The second-order valence-corrected chi connectivity index (χ2v) is 5.76. The van der Waals surface area contributed by atoms with Crippen LogP contribution in [0, 0.1) is 0 Å². The summed E-state index contributed by atoms with van der Waals surface area (Å²) in [5.41, 5.74) is 3.80. The van der Waals surface area contributed by atoms with Crippen LogP contribution in [0.1, 0.15) is 23.1 Å². The molecule has 0 saturated heterocycles. The maximum atomic E-state index is 11.9. The molecule has 134 valence electrons. The van der Waals surface area contributed by atoms with Gasteiger partial charge in [0.2, 0.25) is 5.91 Å². The Morgan fingerprint density at radius 3 is 2.56 bits per heavy atom. The zero-order valence-corrected chi connectivity index (χ0v) is 15.0. The maximum Gasteiger partial charge on any atom is 0.223 e. The van der Waals surface area contributed by atoms with Gasteiger partial charge in [-0.3, -0.25) is 4.79 Å². The molecule has 3 rings (SSSR count). The molecule has 1 heterocycles. The highest BCUT2D eigenvalue weighted by atomic mass is 35.5. The Kier molecular flexibility index (Phi) is 7.10. The predicted octanol–water partition coefficient (Wildman–Crippen LogP) is 2.81. The minimum absolute atomic E-state index is 0. The number of fused-ring (bicyclic) bond motifs is 1. The van der Waals surface area contributed by atoms with Gasteiger partial charge in [-0.05, 0) is 41.0 Å². The van der Waals surface area contributed by atoms with Gasteiger partial charge in [-0.25, -0.2) is 0 Å². The van der Waals surface area contributed by atoms with E-state index in [1.165, 1.54) is 11.1 Å². The zero-order valence-electron chi connectivity index (χ0n) is 14.2. The molecule has 25 heavy (non-hydrogen) atoms. The summed E-state index contributed by atoms with van der Waals surface area (Å²) in [4.78, 5) is 11.9. The van der Waals surface area contributed by atoms with Crippen molar-refractivity contribution < 1.29 is 14.3 Å². The SMILES string of the molecule is COc1ccc(OCCC(=O)NCc2ccc3c(c2)CNC3)cc1.Cl. The molecule has 0 aromatic heterocycles. The molecule has 2 aromatic rings. The molecule has 0 fully saturated rings. The van der Waals surface area contributed by atoms with E-state index in [0.717, 1.165) is 30.2 Å². The lowest BCUT2D eigenvalue weighted by atomic mass is 10.1. The van der Waals surface area contributed by atoms with Crippen LogP contribution in [-0.2, 0) is 24.4 Å². The van der Waals surface area contributed by atoms with Gasteiger partial charge in [-0.1, -0.05) is 18.2 Å². The number of carbonyl (C=O) groups excluding carboxylic acids is 1. The third-order valence-corrected chi connectivity index (χ3v) is 4.05. The number of hydrogen-bond donors (Lipinski definition) is 2. The summed E-state index contributed by atoms with van der Waals surface area (Å²) in [7, 11) is 1.62. The van der Waals surface area contributed by atoms with Crippen LogP contribution in [0.4, 0.5) is 0 Å². The minimum atomic E-state index is -0.0119. The van der Waals surface area contributed by atoms with E-state index in [1.807, 2.05) is 24.3 Å². The van der Waals surface area contributed by atoms with Crippen LogP contribution in [0.25, 0.3) is 0 Å². The molecule has 0 bridgehead atoms. The van der Waals surface area contributed by atoms with Crippen molar-refractivity contribution in [1.82, 2.24) is 10.6 Å². The molecule has 0 unspecified atom stereocenters. The van der Waals surface area contributed by atoms with Crippen LogP contribution in [0.2, 0.25) is 0 Å². The Labute approximate surface area is 154 Å². The molecule has 1 aliphatic rings. The topological polar surface area (TPSA) is 59.6 Å². The minimum Gasteiger partial charge on any atom is -0.497 e. The first-order valence-corrected chi connectivity index (χ1v) is 8.09. The van der Waals surface area contributed by atoms with Crippen molar-refractivity contribution in [3.63, 3.8) is 0 Å². The smallest absolute Gasteiger partial charge is 0.223 e. The predicted molar refractivity (Wildman–Crippen MR) is 99.2 cm³/mol. The lowest BCUT2D eigenvalue weighted by Gasteiger charge is -2.09. The number of benzene rings is 2. The largest absolute Gasteiger partial charge is 0.497 e. The fraction of sp³-hybridized carbons (Fsp3) is 0.316. The number of ether oxygens (including phenoxy) is 2. The highest BCUT2D eigenvalue weighted by molar-refractivity contribution is 5.85. The standard InChI is InChI=1S/C19H22N2O3.ClH/c1-23-17-4-6-18(7-5-17)24-9-8-19(22)21-11-14-2-3-15-12-20-13-16(15)10-14;/h2-7,10,20H,8-9,11-13H2,1H3,(H,21,22);1H. The fourth-order valence-corrected chi connectivity index (χ4v) is 2.68. The maximum absolute atomic E-state index is 11.9. The number of nitrogens with one attached hydrogen (secondary N) is 2. The normalized spacial score (nSPS) is 12.0. The number of amides is 1. The number of hydrogen-bond acceptors (Lipinski definition) is 4. The van der Waals surface area contributed by atoms with Crippen molar-refractivity contribution in [2.75, 3.05) is 13.7 Å². The molecule has 0 spiro atoms. The van der Waals surface area contributed by atoms with E-state index in [0.29, 0.717) is 19.6 Å². The van der Waals surface area contributed by atoms with Gasteiger partial charge in [0.05, 0.1) is 20.1 Å². The number of carbonyl (C=O) groups is 1. The van der Waals surface area contributed by atoms with Gasteiger partial charge >= 0.3 is 0 Å². The molecule has 1 aliphatic heterocycles. The van der Waals surface area contributed by atoms with Crippen LogP contribution in [0.3, 0.4) is 0 Å². The monoisotopic (exact) mass is 362 g/mol. The molecule has 2 aromatic carbocycles. The van der Waals surface area contributed by atoms with E-state index in [9.17, 15) is 4.79 Å². The third kappa shape index (κ3) is 5.37. The lowest BCUT2D eigenvalue weighted by molar-refractivity contribution is -0.121. The van der Waals surface area contributed by atoms with Gasteiger partial charge in [-0.15, -0.1) is 12.4 Å². The van der Waals surface area contributed by atoms with Crippen LogP contribution < -0.4 is 20.1 Å². The fourth-order valence-electron chi connectivity index (χ4n) is 2.68. The molecule has 0 radical (unpaired) electrons. The first-order chi connectivity index (χ1) is 11.7. The Morgan fingerprint density at radius 1 is 1.08 bits per heavy atom. The third-order valence-electron chi connectivity index (χ3n) is 4.05. The van der Waals surface area contributed by atoms with Crippen molar-refractivity contribution in [1.29, 1.82) is 0 Å². The molecule has 0 aliphatic carbocycles. The van der Waals surface area contributed by atoms with Gasteiger partial charge in [0.25, 0.3) is 0 Å². The summed E-state index contributed by atoms with van der Waals surface area (Å²) in [5, 5.41) is 6.25. The van der Waals surface area contributed by atoms with Crippen LogP contribution in [-0.4, -0.2) is 19.6 Å². The van der Waals surface area contributed by atoms with E-state index >= 15 is 0 Å². The van der Waals surface area contributed by atoms with Crippen molar-refractivity contribution in [3.05, 3.63) is 59.2 Å². The quantitative estimate of drug-likeness (QED) is 0.795. The first-order valence-electron chi connectivity index (χ1n) is 8.09. The van der Waals surface area contributed by atoms with Crippen LogP contribution in [0.5, 0.6) is 11.5 Å². The van der Waals surface area contributed by atoms with E-state index in [2.05, 4.69) is 28.8 Å². The zero-order chi connectivity index (χ0) is 16.8. The van der Waals surface area contributed by atoms with E-state index in [4.69, 9.17) is 9.47 Å². The highest BCUT2D eigenvalue weighted by Gasteiger charge is 2.10. The van der Waals surface area contributed by atoms with Crippen LogP contribution in [0.15, 0.2) is 42.5 Å². The average Bonchev–Trinajstić information content (AvgIpc) is 3.08. The molecule has 0 saturated carbocycles. The van der Waals surface area contributed by atoms with E-state index in [-0.39, 0.29) is 18.3 Å². The molecule has 0 atom stereocenters. The van der Waals surface area contributed by atoms with Crippen molar-refractivity contribution >= 4 is 18.3 Å². The number of methoxy groups -OCH3 is 1. The lowest BCUT2D eigenvalue weighted by Crippen LogP contribution is -2.24. The molecule has 5 nitrogen and oxygen atoms in total. The van der Waals surface area contributed by atoms with Crippen molar-refractivity contribution in [2.45, 2.75) is 26.1 Å². The number of rotatable bonds is 7. The van der Waals surface area contributed by atoms with Crippen LogP contribution >= 0.6 is 12.4 Å². The first kappa shape index (κ1) is 19.1. The molecular weight excluding hydrogens is 340 g/mol. The van der Waals surface area contributed by atoms with Gasteiger partial charge in [0, 0.05) is 19.6 Å². The Hall–Kier alpha value is -2.24. The number of halogens is 1. The summed E-state index contributed by atoms with van der Waals surface area (Å²) in [6, 6.07) is 13.7. The molecular formula is C19H23ClN2O3. The summed E-state index contributed by atoms with van der Waals surface area (Å²) in [6.07, 6.45) is 0.332. The van der Waals surface area contributed by atoms with E-state index < -0.39 is 0 Å². The summed E-state index contributed by atoms with van der Waals surface area (Å²) < 4.78 is 10.7. The highest BCUT2D eigenvalue weighted by Crippen LogP contribution is 2.18. The van der Waals surface area contributed by atoms with Crippen molar-refractivity contribution in [2.24, 2.45) is 0 Å². The molecule has 1 amide bonds.